The van der Waals surface area contributed by atoms with E-state index in [0.717, 1.165) is 36.1 Å². The van der Waals surface area contributed by atoms with Crippen molar-refractivity contribution < 1.29 is 24.2 Å². The summed E-state index contributed by atoms with van der Waals surface area (Å²) >= 11 is 0. The van der Waals surface area contributed by atoms with Crippen molar-refractivity contribution in [3.8, 4) is 0 Å². The van der Waals surface area contributed by atoms with E-state index in [1.54, 1.807) is 9.80 Å². The highest BCUT2D eigenvalue weighted by Crippen LogP contribution is 2.58. The Balaban J connectivity index is 1.61. The minimum Gasteiger partial charge on any atom is -0.396 e. The van der Waals surface area contributed by atoms with Crippen LogP contribution in [0.5, 0.6) is 0 Å². The fourth-order valence-corrected chi connectivity index (χ4v) is 7.70. The van der Waals surface area contributed by atoms with Crippen LogP contribution < -0.4 is 4.90 Å². The number of likely N-dealkylation sites (tertiary alicyclic amines) is 1. The first-order valence-corrected chi connectivity index (χ1v) is 15.4. The van der Waals surface area contributed by atoms with Crippen molar-refractivity contribution in [1.29, 1.82) is 0 Å². The molecule has 4 heterocycles. The third-order valence-corrected chi connectivity index (χ3v) is 9.53. The predicted octanol–water partition coefficient (Wildman–Crippen LogP) is 3.93. The van der Waals surface area contributed by atoms with E-state index in [0.29, 0.717) is 45.4 Å². The second kappa shape index (κ2) is 11.7. The predicted molar refractivity (Wildman–Crippen MR) is 158 cm³/mol. The van der Waals surface area contributed by atoms with Crippen LogP contribution >= 0.6 is 0 Å². The molecule has 1 spiro atoms. The summed E-state index contributed by atoms with van der Waals surface area (Å²) in [5.41, 5.74) is 0.662. The van der Waals surface area contributed by atoms with E-state index in [1.165, 1.54) is 0 Å². The molecule has 2 fully saturated rings. The molecule has 41 heavy (non-hydrogen) atoms. The first-order chi connectivity index (χ1) is 19.8. The molecule has 1 aromatic carbocycles. The largest absolute Gasteiger partial charge is 0.396 e. The van der Waals surface area contributed by atoms with Crippen LogP contribution in [0.3, 0.4) is 0 Å². The van der Waals surface area contributed by atoms with E-state index < -0.39 is 29.1 Å². The number of ether oxygens (including phenoxy) is 1. The Hall–Kier alpha value is -2.97. The monoisotopic (exact) mass is 563 g/mol. The van der Waals surface area contributed by atoms with Crippen molar-refractivity contribution in [3.63, 3.8) is 0 Å². The third-order valence-electron chi connectivity index (χ3n) is 9.53. The number of para-hydroxylation sites is 1. The van der Waals surface area contributed by atoms with E-state index in [4.69, 9.17) is 4.74 Å². The number of aliphatic hydroxyl groups excluding tert-OH is 1. The van der Waals surface area contributed by atoms with E-state index in [-0.39, 0.29) is 24.3 Å². The molecule has 8 nitrogen and oxygen atoms in total. The zero-order valence-corrected chi connectivity index (χ0v) is 25.0. The first-order valence-electron chi connectivity index (χ1n) is 15.4. The second-order valence-electron chi connectivity index (χ2n) is 12.1. The normalized spacial score (nSPS) is 30.9. The maximum atomic E-state index is 14.7. The number of anilines is 1. The lowest BCUT2D eigenvalue weighted by atomic mass is 9.73. The summed E-state index contributed by atoms with van der Waals surface area (Å²) in [6.07, 6.45) is 12.4. The average molecular weight is 564 g/mol. The van der Waals surface area contributed by atoms with Crippen LogP contribution in [0.15, 0.2) is 42.5 Å². The molecule has 5 atom stereocenters. The molecule has 2 saturated heterocycles. The SMILES string of the molecule is CCCN1CC=C[C@]2(CC)O[C@]34C=CCN(c5c(C)cccc5C)C(=O)C3N(CCCCCCO)C(=O)[C@@H]4[C@@H]2C1=O. The number of fused-ring (bicyclic) bond motifs is 2. The zero-order valence-electron chi connectivity index (χ0n) is 25.0. The van der Waals surface area contributed by atoms with Gasteiger partial charge in [-0.1, -0.05) is 69.2 Å². The summed E-state index contributed by atoms with van der Waals surface area (Å²) < 4.78 is 7.07. The molecule has 0 saturated carbocycles. The lowest BCUT2D eigenvalue weighted by molar-refractivity contribution is -0.150. The van der Waals surface area contributed by atoms with Gasteiger partial charge >= 0.3 is 0 Å². The Morgan fingerprint density at radius 1 is 0.878 bits per heavy atom. The van der Waals surface area contributed by atoms with Crippen LogP contribution in [0.4, 0.5) is 5.69 Å². The van der Waals surface area contributed by atoms with Crippen molar-refractivity contribution in [3.05, 3.63) is 53.6 Å². The summed E-state index contributed by atoms with van der Waals surface area (Å²) in [5, 5.41) is 9.21. The molecule has 0 aliphatic carbocycles. The lowest BCUT2D eigenvalue weighted by Gasteiger charge is -2.39. The van der Waals surface area contributed by atoms with E-state index in [9.17, 15) is 19.5 Å². The van der Waals surface area contributed by atoms with Crippen LogP contribution in [-0.2, 0) is 19.1 Å². The van der Waals surface area contributed by atoms with Gasteiger partial charge in [-0.3, -0.25) is 14.4 Å². The number of rotatable bonds is 10. The Bertz CT molecular complexity index is 1220. The molecule has 0 aromatic heterocycles. The molecule has 8 heteroatoms. The van der Waals surface area contributed by atoms with Crippen molar-refractivity contribution in [2.45, 2.75) is 83.5 Å². The van der Waals surface area contributed by atoms with Gasteiger partial charge in [-0.05, 0) is 50.7 Å². The number of amides is 3. The number of benzene rings is 1. The Morgan fingerprint density at radius 3 is 2.27 bits per heavy atom. The minimum atomic E-state index is -1.24. The fourth-order valence-electron chi connectivity index (χ4n) is 7.70. The zero-order chi connectivity index (χ0) is 29.4. The molecule has 4 aliphatic rings. The molecule has 1 aromatic rings. The van der Waals surface area contributed by atoms with Gasteiger partial charge in [0.15, 0.2) is 0 Å². The Labute approximate surface area is 244 Å². The fraction of sp³-hybridized carbons (Fsp3) is 0.606. The van der Waals surface area contributed by atoms with Crippen LogP contribution in [0.25, 0.3) is 0 Å². The van der Waals surface area contributed by atoms with Crippen molar-refractivity contribution in [2.24, 2.45) is 11.8 Å². The van der Waals surface area contributed by atoms with Crippen LogP contribution in [0.1, 0.15) is 63.5 Å². The molecule has 0 radical (unpaired) electrons. The van der Waals surface area contributed by atoms with Crippen molar-refractivity contribution in [2.75, 3.05) is 37.7 Å². The van der Waals surface area contributed by atoms with Gasteiger partial charge in [0.1, 0.15) is 11.6 Å². The standard InChI is InChI=1S/C33H45N3O5/c1-5-18-34-19-12-16-32(6-2)25(29(34)38)26-30(39)36(20-9-7-8-10-22-37)28-31(40)35(21-13-17-33(26,28)41-32)27-23(3)14-11-15-24(27)4/h11-17,25-26,28,37H,5-10,18-22H2,1-4H3/t25-,26+,28?,32+,33+/m1/s1. The number of hydrogen-bond acceptors (Lipinski definition) is 5. The summed E-state index contributed by atoms with van der Waals surface area (Å²) in [4.78, 5) is 48.9. The number of nitrogens with zero attached hydrogens (tertiary/aromatic N) is 3. The number of carbonyl (C=O) groups is 3. The molecule has 222 valence electrons. The highest BCUT2D eigenvalue weighted by Gasteiger charge is 2.75. The number of carbonyl (C=O) groups excluding carboxylic acids is 3. The van der Waals surface area contributed by atoms with Crippen LogP contribution in [0, 0.1) is 25.7 Å². The lowest BCUT2D eigenvalue weighted by Crippen LogP contribution is -2.56. The summed E-state index contributed by atoms with van der Waals surface area (Å²) in [6, 6.07) is 5.12. The Kier molecular flexibility index (Phi) is 8.44. The van der Waals surface area contributed by atoms with Gasteiger partial charge in [0.25, 0.3) is 5.91 Å². The topological polar surface area (TPSA) is 90.4 Å². The van der Waals surface area contributed by atoms with Gasteiger partial charge in [-0.2, -0.15) is 0 Å². The molecule has 5 rings (SSSR count). The van der Waals surface area contributed by atoms with Crippen LogP contribution in [-0.4, -0.2) is 82.7 Å². The van der Waals surface area contributed by atoms with Gasteiger partial charge in [0, 0.05) is 38.5 Å². The first kappa shape index (κ1) is 29.5. The molecular weight excluding hydrogens is 518 g/mol. The van der Waals surface area contributed by atoms with E-state index >= 15 is 0 Å². The Morgan fingerprint density at radius 2 is 1.59 bits per heavy atom. The average Bonchev–Trinajstić information content (AvgIpc) is 3.24. The van der Waals surface area contributed by atoms with Crippen LogP contribution in [0.2, 0.25) is 0 Å². The summed E-state index contributed by atoms with van der Waals surface area (Å²) in [5.74, 6) is -1.87. The van der Waals surface area contributed by atoms with E-state index in [1.807, 2.05) is 75.1 Å². The maximum absolute atomic E-state index is 14.7. The van der Waals surface area contributed by atoms with Gasteiger partial charge in [-0.25, -0.2) is 0 Å². The second-order valence-corrected chi connectivity index (χ2v) is 12.1. The number of unbranched alkanes of at least 4 members (excludes halogenated alkanes) is 3. The van der Waals surface area contributed by atoms with Crippen molar-refractivity contribution >= 4 is 23.4 Å². The van der Waals surface area contributed by atoms with Gasteiger partial charge in [-0.15, -0.1) is 0 Å². The quantitative estimate of drug-likeness (QED) is 0.344. The van der Waals surface area contributed by atoms with Gasteiger partial charge in [0.2, 0.25) is 11.8 Å². The van der Waals surface area contributed by atoms with Crippen molar-refractivity contribution in [1.82, 2.24) is 9.80 Å². The highest BCUT2D eigenvalue weighted by molar-refractivity contribution is 6.06. The number of aryl methyl sites for hydroxylation is 2. The highest BCUT2D eigenvalue weighted by atomic mass is 16.5. The molecule has 1 N–H and O–H groups in total. The summed E-state index contributed by atoms with van der Waals surface area (Å²) in [7, 11) is 0. The number of aliphatic hydroxyl groups is 1. The van der Waals surface area contributed by atoms with Gasteiger partial charge in [0.05, 0.1) is 17.4 Å². The molecule has 0 bridgehead atoms. The van der Waals surface area contributed by atoms with Gasteiger partial charge < -0.3 is 24.5 Å². The minimum absolute atomic E-state index is 0.0610. The summed E-state index contributed by atoms with van der Waals surface area (Å²) in [6.45, 7) is 10.1. The molecule has 1 unspecified atom stereocenters. The molecule has 4 aliphatic heterocycles. The maximum Gasteiger partial charge on any atom is 0.253 e. The van der Waals surface area contributed by atoms with E-state index in [2.05, 4.69) is 0 Å². The smallest absolute Gasteiger partial charge is 0.253 e. The number of hydrogen-bond donors (Lipinski definition) is 1. The third kappa shape index (κ3) is 4.73. The molecular formula is C33H45N3O5. The molecule has 3 amide bonds.